The minimum absolute atomic E-state index is 0.993. The third kappa shape index (κ3) is 7.97. The summed E-state index contributed by atoms with van der Waals surface area (Å²) in [5.41, 5.74) is 0. The molecule has 1 N–H and O–H groups in total. The molecule has 1 nitrogen and oxygen atoms in total. The molecule has 1 heteroatoms. The third-order valence-corrected chi connectivity index (χ3v) is 4.87. The lowest BCUT2D eigenvalue weighted by atomic mass is 9.83. The molecule has 0 spiro atoms. The van der Waals surface area contributed by atoms with Gasteiger partial charge in [0.05, 0.1) is 0 Å². The van der Waals surface area contributed by atoms with Crippen LogP contribution in [0.5, 0.6) is 0 Å². The van der Waals surface area contributed by atoms with E-state index < -0.39 is 0 Å². The van der Waals surface area contributed by atoms with E-state index in [0.29, 0.717) is 0 Å². The number of hydrogen-bond acceptors (Lipinski definition) is 1. The molecule has 2 atom stereocenters. The summed E-state index contributed by atoms with van der Waals surface area (Å²) in [4.78, 5) is 0. The summed E-state index contributed by atoms with van der Waals surface area (Å²) in [5.74, 6) is 2.02. The summed E-state index contributed by atoms with van der Waals surface area (Å²) in [6, 6.07) is 0. The maximum atomic E-state index is 3.57. The van der Waals surface area contributed by atoms with E-state index in [9.17, 15) is 0 Å². The Hall–Kier alpha value is -0.0400. The van der Waals surface area contributed by atoms with Gasteiger partial charge in [0.1, 0.15) is 0 Å². The fourth-order valence-corrected chi connectivity index (χ4v) is 3.54. The molecule has 1 rings (SSSR count). The van der Waals surface area contributed by atoms with Gasteiger partial charge in [-0.1, -0.05) is 84.5 Å². The molecule has 0 aromatic carbocycles. The van der Waals surface area contributed by atoms with Crippen molar-refractivity contribution in [1.82, 2.24) is 5.32 Å². The van der Waals surface area contributed by atoms with E-state index in [2.05, 4.69) is 19.2 Å². The van der Waals surface area contributed by atoms with Crippen molar-refractivity contribution >= 4 is 0 Å². The molecule has 0 bridgehead atoms. The number of unbranched alkanes of at least 4 members (excludes halogenated alkanes) is 7. The highest BCUT2D eigenvalue weighted by Crippen LogP contribution is 2.29. The molecule has 114 valence electrons. The van der Waals surface area contributed by atoms with Crippen molar-refractivity contribution in [3.8, 4) is 0 Å². The molecule has 19 heavy (non-hydrogen) atoms. The third-order valence-electron chi connectivity index (χ3n) is 4.87. The van der Waals surface area contributed by atoms with Gasteiger partial charge in [-0.25, -0.2) is 0 Å². The molecular weight excluding hydrogens is 230 g/mol. The largest absolute Gasteiger partial charge is 0.316 e. The molecular formula is C18H37N. The first-order valence-electron chi connectivity index (χ1n) is 9.09. The molecule has 0 aromatic heterocycles. The number of rotatable bonds is 12. The highest BCUT2D eigenvalue weighted by atomic mass is 14.9. The quantitative estimate of drug-likeness (QED) is 0.458. The summed E-state index contributed by atoms with van der Waals surface area (Å²) >= 11 is 0. The van der Waals surface area contributed by atoms with Gasteiger partial charge < -0.3 is 5.32 Å². The van der Waals surface area contributed by atoms with Crippen LogP contribution in [0.15, 0.2) is 0 Å². The Balaban J connectivity index is 2.16. The maximum absolute atomic E-state index is 3.57. The molecule has 1 unspecified atom stereocenters. The Labute approximate surface area is 121 Å². The lowest BCUT2D eigenvalue weighted by molar-refractivity contribution is 0.294. The fourth-order valence-electron chi connectivity index (χ4n) is 3.54. The van der Waals surface area contributed by atoms with Crippen LogP contribution in [-0.2, 0) is 0 Å². The van der Waals surface area contributed by atoms with Crippen LogP contribution >= 0.6 is 0 Å². The standard InChI is InChI=1S/C18H37N/c1-3-5-7-9-11-13-17(12-10-8-6-4-2)18-14-15-19-16-18/h17-19H,3-16H2,1-2H3/t17?,18-/m1/s1. The zero-order valence-corrected chi connectivity index (χ0v) is 13.6. The summed E-state index contributed by atoms with van der Waals surface area (Å²) in [6.45, 7) is 7.19. The first-order valence-corrected chi connectivity index (χ1v) is 9.09. The second-order valence-electron chi connectivity index (χ2n) is 6.57. The Bertz CT molecular complexity index is 184. The van der Waals surface area contributed by atoms with Crippen LogP contribution in [0.4, 0.5) is 0 Å². The van der Waals surface area contributed by atoms with Crippen LogP contribution in [0, 0.1) is 11.8 Å². The van der Waals surface area contributed by atoms with E-state index in [1.54, 1.807) is 0 Å². The zero-order valence-electron chi connectivity index (χ0n) is 13.6. The van der Waals surface area contributed by atoms with E-state index >= 15 is 0 Å². The molecule has 0 saturated carbocycles. The van der Waals surface area contributed by atoms with Crippen LogP contribution in [0.1, 0.15) is 90.9 Å². The second-order valence-corrected chi connectivity index (χ2v) is 6.57. The molecule has 1 heterocycles. The highest BCUT2D eigenvalue weighted by Gasteiger charge is 2.23. The van der Waals surface area contributed by atoms with E-state index in [0.717, 1.165) is 11.8 Å². The lowest BCUT2D eigenvalue weighted by Crippen LogP contribution is -2.18. The summed E-state index contributed by atoms with van der Waals surface area (Å²) < 4.78 is 0. The van der Waals surface area contributed by atoms with Crippen molar-refractivity contribution in [3.63, 3.8) is 0 Å². The first kappa shape index (κ1) is 17.0. The van der Waals surface area contributed by atoms with Gasteiger partial charge in [0.2, 0.25) is 0 Å². The van der Waals surface area contributed by atoms with Crippen LogP contribution in [0.3, 0.4) is 0 Å². The van der Waals surface area contributed by atoms with Gasteiger partial charge in [-0.2, -0.15) is 0 Å². The van der Waals surface area contributed by atoms with Crippen molar-refractivity contribution < 1.29 is 0 Å². The fraction of sp³-hybridized carbons (Fsp3) is 1.00. The minimum atomic E-state index is 0.993. The predicted octanol–water partition coefficient (Wildman–Crippen LogP) is 5.54. The van der Waals surface area contributed by atoms with Crippen LogP contribution in [0.2, 0.25) is 0 Å². The van der Waals surface area contributed by atoms with Crippen molar-refractivity contribution in [2.75, 3.05) is 13.1 Å². The van der Waals surface area contributed by atoms with Crippen LogP contribution in [0.25, 0.3) is 0 Å². The summed E-state index contributed by atoms with van der Waals surface area (Å²) in [7, 11) is 0. The monoisotopic (exact) mass is 267 g/mol. The van der Waals surface area contributed by atoms with Crippen LogP contribution in [-0.4, -0.2) is 13.1 Å². The molecule has 1 fully saturated rings. The van der Waals surface area contributed by atoms with Crippen LogP contribution < -0.4 is 5.32 Å². The minimum Gasteiger partial charge on any atom is -0.316 e. The highest BCUT2D eigenvalue weighted by molar-refractivity contribution is 4.78. The van der Waals surface area contributed by atoms with Gasteiger partial charge in [-0.3, -0.25) is 0 Å². The average Bonchev–Trinajstić information content (AvgIpc) is 2.95. The Morgan fingerprint density at radius 2 is 1.42 bits per heavy atom. The molecule has 0 amide bonds. The van der Waals surface area contributed by atoms with Gasteiger partial charge in [-0.05, 0) is 31.3 Å². The Morgan fingerprint density at radius 1 is 0.842 bits per heavy atom. The molecule has 1 aliphatic rings. The predicted molar refractivity (Wildman–Crippen MR) is 86.6 cm³/mol. The smallest absolute Gasteiger partial charge is 0.00174 e. The Morgan fingerprint density at radius 3 is 1.95 bits per heavy atom. The van der Waals surface area contributed by atoms with E-state index in [-0.39, 0.29) is 0 Å². The SMILES string of the molecule is CCCCCCCC(CCCCCC)[C@@H]1CCNC1. The van der Waals surface area contributed by atoms with Gasteiger partial charge >= 0.3 is 0 Å². The first-order chi connectivity index (χ1) is 9.38. The Kier molecular flexibility index (Phi) is 10.5. The van der Waals surface area contributed by atoms with Gasteiger partial charge in [0.25, 0.3) is 0 Å². The van der Waals surface area contributed by atoms with Crippen molar-refractivity contribution in [2.45, 2.75) is 90.9 Å². The van der Waals surface area contributed by atoms with E-state index in [1.165, 1.54) is 90.1 Å². The molecule has 0 aliphatic carbocycles. The molecule has 0 radical (unpaired) electrons. The molecule has 0 aromatic rings. The van der Waals surface area contributed by atoms with E-state index in [1.807, 2.05) is 0 Å². The topological polar surface area (TPSA) is 12.0 Å². The zero-order chi connectivity index (χ0) is 13.8. The number of hydrogen-bond donors (Lipinski definition) is 1. The van der Waals surface area contributed by atoms with Crippen molar-refractivity contribution in [3.05, 3.63) is 0 Å². The lowest BCUT2D eigenvalue weighted by Gasteiger charge is -2.23. The summed E-state index contributed by atoms with van der Waals surface area (Å²) in [5, 5.41) is 3.57. The normalized spacial score (nSPS) is 20.8. The van der Waals surface area contributed by atoms with Gasteiger partial charge in [-0.15, -0.1) is 0 Å². The van der Waals surface area contributed by atoms with Crippen molar-refractivity contribution in [1.29, 1.82) is 0 Å². The molecule has 1 aliphatic heterocycles. The number of nitrogens with one attached hydrogen (secondary N) is 1. The van der Waals surface area contributed by atoms with Gasteiger partial charge in [0, 0.05) is 0 Å². The van der Waals surface area contributed by atoms with E-state index in [4.69, 9.17) is 0 Å². The second kappa shape index (κ2) is 11.8. The van der Waals surface area contributed by atoms with Crippen molar-refractivity contribution in [2.24, 2.45) is 11.8 Å². The summed E-state index contributed by atoms with van der Waals surface area (Å²) in [6.07, 6.45) is 17.4. The average molecular weight is 268 g/mol. The maximum Gasteiger partial charge on any atom is -0.00174 e. The van der Waals surface area contributed by atoms with Gasteiger partial charge in [0.15, 0.2) is 0 Å². The molecule has 1 saturated heterocycles.